The van der Waals surface area contributed by atoms with Crippen LogP contribution in [0.25, 0.3) is 0 Å². The van der Waals surface area contributed by atoms with Crippen molar-refractivity contribution in [2.24, 2.45) is 10.7 Å². The predicted octanol–water partition coefficient (Wildman–Crippen LogP) is -0.00670. The minimum absolute atomic E-state index is 0.413. The van der Waals surface area contributed by atoms with E-state index in [0.29, 0.717) is 6.67 Å². The van der Waals surface area contributed by atoms with Crippen molar-refractivity contribution >= 4 is 6.21 Å². The van der Waals surface area contributed by atoms with Crippen LogP contribution in [-0.2, 0) is 0 Å². The topological polar surface area (TPSA) is 38.4 Å². The van der Waals surface area contributed by atoms with Gasteiger partial charge in [-0.25, -0.2) is 0 Å². The zero-order valence-corrected chi connectivity index (χ0v) is 3.31. The zero-order chi connectivity index (χ0) is 4.12. The molecule has 0 fully saturated rings. The van der Waals surface area contributed by atoms with E-state index in [4.69, 9.17) is 5.73 Å². The molecule has 0 aliphatic carbocycles. The molecule has 5 heavy (non-hydrogen) atoms. The van der Waals surface area contributed by atoms with Crippen molar-refractivity contribution in [1.82, 2.24) is 0 Å². The van der Waals surface area contributed by atoms with Crippen molar-refractivity contribution < 1.29 is 0 Å². The highest BCUT2D eigenvalue weighted by Crippen LogP contribution is 1.47. The Labute approximate surface area is 31.7 Å². The molecule has 0 aromatic rings. The summed E-state index contributed by atoms with van der Waals surface area (Å²) in [5.41, 5.74) is 4.94. The Kier molecular flexibility index (Phi) is 3.36. The minimum Gasteiger partial charge on any atom is -0.312 e. The molecule has 0 aliphatic heterocycles. The molecule has 0 amide bonds. The number of aliphatic imine (C=N–C) groups is 1. The molecule has 0 spiro atoms. The van der Waals surface area contributed by atoms with Crippen LogP contribution in [0.15, 0.2) is 4.99 Å². The van der Waals surface area contributed by atoms with E-state index in [9.17, 15) is 0 Å². The molecule has 0 heterocycles. The molecule has 0 aromatic heterocycles. The number of nitrogens with two attached hydrogens (primary N) is 1. The molecule has 2 nitrogen and oxygen atoms in total. The van der Waals surface area contributed by atoms with E-state index in [0.717, 1.165) is 0 Å². The van der Waals surface area contributed by atoms with Crippen LogP contribution in [0, 0.1) is 0 Å². The summed E-state index contributed by atoms with van der Waals surface area (Å²) in [6, 6.07) is 0. The van der Waals surface area contributed by atoms with Gasteiger partial charge < -0.3 is 5.73 Å². The molecule has 0 rings (SSSR count). The highest BCUT2D eigenvalue weighted by Gasteiger charge is 1.49. The second-order valence-corrected chi connectivity index (χ2v) is 0.623. The first-order valence-electron chi connectivity index (χ1n) is 1.56. The first-order valence-corrected chi connectivity index (χ1v) is 1.56. The maximum atomic E-state index is 4.94. The van der Waals surface area contributed by atoms with Gasteiger partial charge in [-0.1, -0.05) is 0 Å². The van der Waals surface area contributed by atoms with Gasteiger partial charge in [0.05, 0.1) is 6.67 Å². The van der Waals surface area contributed by atoms with E-state index in [1.807, 2.05) is 6.92 Å². The molecule has 0 bridgehead atoms. The summed E-state index contributed by atoms with van der Waals surface area (Å²) in [5, 5.41) is 0. The van der Waals surface area contributed by atoms with E-state index in [2.05, 4.69) is 4.99 Å². The molecule has 0 aromatic carbocycles. The molecule has 0 atom stereocenters. The first-order chi connectivity index (χ1) is 2.41. The highest BCUT2D eigenvalue weighted by molar-refractivity contribution is 5.52. The average Bonchev–Trinajstić information content (AvgIpc) is 1.41. The lowest BCUT2D eigenvalue weighted by Gasteiger charge is -1.69. The van der Waals surface area contributed by atoms with Crippen molar-refractivity contribution in [3.8, 4) is 0 Å². The largest absolute Gasteiger partial charge is 0.312 e. The third kappa shape index (κ3) is 3.63. The Morgan fingerprint density at radius 2 is 2.60 bits per heavy atom. The molecule has 0 aliphatic rings. The van der Waals surface area contributed by atoms with E-state index in [1.165, 1.54) is 0 Å². The van der Waals surface area contributed by atoms with Crippen LogP contribution in [-0.4, -0.2) is 12.9 Å². The van der Waals surface area contributed by atoms with Gasteiger partial charge >= 0.3 is 0 Å². The fraction of sp³-hybridized carbons (Fsp3) is 0.667. The maximum Gasteiger partial charge on any atom is 0.0855 e. The van der Waals surface area contributed by atoms with Crippen LogP contribution in [0.3, 0.4) is 0 Å². The van der Waals surface area contributed by atoms with Gasteiger partial charge in [-0.15, -0.1) is 0 Å². The van der Waals surface area contributed by atoms with Gasteiger partial charge in [0.25, 0.3) is 0 Å². The summed E-state index contributed by atoms with van der Waals surface area (Å²) in [5.74, 6) is 0. The van der Waals surface area contributed by atoms with Crippen molar-refractivity contribution in [3.05, 3.63) is 0 Å². The van der Waals surface area contributed by atoms with Gasteiger partial charge in [-0.3, -0.25) is 4.99 Å². The third-order valence-electron chi connectivity index (χ3n) is 0.288. The zero-order valence-electron chi connectivity index (χ0n) is 3.31. The Bertz CT molecular complexity index is 31.9. The fourth-order valence-electron chi connectivity index (χ4n) is 0.105. The third-order valence-corrected chi connectivity index (χ3v) is 0.288. The Balaban J connectivity index is 2.62. The SMILES string of the molecule is C/C=N\CN. The number of hydrogen-bond acceptors (Lipinski definition) is 2. The molecule has 0 saturated heterocycles. The Morgan fingerprint density at radius 1 is 2.00 bits per heavy atom. The van der Waals surface area contributed by atoms with Crippen LogP contribution in [0.2, 0.25) is 0 Å². The van der Waals surface area contributed by atoms with Crippen molar-refractivity contribution in [2.45, 2.75) is 6.92 Å². The van der Waals surface area contributed by atoms with Crippen molar-refractivity contribution in [3.63, 3.8) is 0 Å². The normalized spacial score (nSPS) is 10.0. The van der Waals surface area contributed by atoms with Gasteiger partial charge in [0.2, 0.25) is 0 Å². The van der Waals surface area contributed by atoms with Gasteiger partial charge in [-0.05, 0) is 13.1 Å². The first kappa shape index (κ1) is 4.63. The molecule has 0 radical (unpaired) electrons. The van der Waals surface area contributed by atoms with Crippen molar-refractivity contribution in [1.29, 1.82) is 0 Å². The van der Waals surface area contributed by atoms with E-state index in [-0.39, 0.29) is 0 Å². The molecule has 0 unspecified atom stereocenters. The Morgan fingerprint density at radius 3 is 2.60 bits per heavy atom. The monoisotopic (exact) mass is 72.1 g/mol. The van der Waals surface area contributed by atoms with Crippen molar-refractivity contribution in [2.75, 3.05) is 6.67 Å². The predicted molar refractivity (Wildman–Crippen MR) is 23.2 cm³/mol. The van der Waals surface area contributed by atoms with Crippen LogP contribution in [0.1, 0.15) is 6.92 Å². The summed E-state index contributed by atoms with van der Waals surface area (Å²) in [7, 11) is 0. The number of hydrogen-bond donors (Lipinski definition) is 1. The molecule has 30 valence electrons. The molecule has 2 N–H and O–H groups in total. The molecular weight excluding hydrogens is 64.0 g/mol. The summed E-state index contributed by atoms with van der Waals surface area (Å²) in [6.07, 6.45) is 1.68. The standard InChI is InChI=1S/C3H8N2/c1-2-5-3-4/h2H,3-4H2,1H3/b5-2-. The molecule has 2 heteroatoms. The van der Waals surface area contributed by atoms with Crippen LogP contribution >= 0.6 is 0 Å². The van der Waals surface area contributed by atoms with Gasteiger partial charge in [0, 0.05) is 0 Å². The second-order valence-electron chi connectivity index (χ2n) is 0.623. The summed E-state index contributed by atoms with van der Waals surface area (Å²) >= 11 is 0. The van der Waals surface area contributed by atoms with Crippen LogP contribution in [0.4, 0.5) is 0 Å². The Hall–Kier alpha value is -0.370. The van der Waals surface area contributed by atoms with E-state index in [1.54, 1.807) is 6.21 Å². The smallest absolute Gasteiger partial charge is 0.0855 e. The van der Waals surface area contributed by atoms with Crippen LogP contribution < -0.4 is 5.73 Å². The van der Waals surface area contributed by atoms with Crippen LogP contribution in [0.5, 0.6) is 0 Å². The van der Waals surface area contributed by atoms with Gasteiger partial charge in [0.1, 0.15) is 0 Å². The molecular formula is C3H8N2. The van der Waals surface area contributed by atoms with E-state index >= 15 is 0 Å². The fourth-order valence-corrected chi connectivity index (χ4v) is 0.105. The van der Waals surface area contributed by atoms with Gasteiger partial charge in [-0.2, -0.15) is 0 Å². The van der Waals surface area contributed by atoms with E-state index < -0.39 is 0 Å². The van der Waals surface area contributed by atoms with Gasteiger partial charge in [0.15, 0.2) is 0 Å². The summed E-state index contributed by atoms with van der Waals surface area (Å²) < 4.78 is 0. The lowest BCUT2D eigenvalue weighted by Crippen LogP contribution is -1.92. The minimum atomic E-state index is 0.413. The summed E-state index contributed by atoms with van der Waals surface area (Å²) in [4.78, 5) is 3.62. The number of rotatable bonds is 1. The highest BCUT2D eigenvalue weighted by atomic mass is 14.8. The second kappa shape index (κ2) is 3.63. The number of nitrogens with zero attached hydrogens (tertiary/aromatic N) is 1. The average molecular weight is 72.1 g/mol. The lowest BCUT2D eigenvalue weighted by molar-refractivity contribution is 1.08. The quantitative estimate of drug-likeness (QED) is 0.435. The summed E-state index contributed by atoms with van der Waals surface area (Å²) in [6.45, 7) is 2.25. The lowest BCUT2D eigenvalue weighted by atomic mass is 10.9. The molecule has 0 saturated carbocycles. The maximum absolute atomic E-state index is 4.94.